The summed E-state index contributed by atoms with van der Waals surface area (Å²) in [6.45, 7) is 5.51. The van der Waals surface area contributed by atoms with E-state index in [4.69, 9.17) is 4.74 Å². The van der Waals surface area contributed by atoms with Crippen LogP contribution in [0.2, 0.25) is 0 Å². The zero-order valence-corrected chi connectivity index (χ0v) is 11.8. The summed E-state index contributed by atoms with van der Waals surface area (Å²) >= 11 is 0. The first-order valence-electron chi connectivity index (χ1n) is 6.80. The van der Waals surface area contributed by atoms with Gasteiger partial charge in [-0.25, -0.2) is 0 Å². The number of hydrogen-bond donors (Lipinski definition) is 2. The van der Waals surface area contributed by atoms with Gasteiger partial charge in [0.25, 0.3) is 5.91 Å². The molecule has 1 amide bonds. The molecular formula is C15H22N2O2. The smallest absolute Gasteiger partial charge is 0.251 e. The quantitative estimate of drug-likeness (QED) is 0.874. The van der Waals surface area contributed by atoms with Crippen molar-refractivity contribution in [2.24, 2.45) is 5.92 Å². The van der Waals surface area contributed by atoms with E-state index in [0.717, 1.165) is 29.8 Å². The van der Waals surface area contributed by atoms with Crippen molar-refractivity contribution in [1.29, 1.82) is 0 Å². The van der Waals surface area contributed by atoms with Crippen LogP contribution < -0.4 is 10.6 Å². The molecule has 4 nitrogen and oxygen atoms in total. The number of nitrogens with one attached hydrogen (secondary N) is 2. The molecule has 0 spiro atoms. The number of ether oxygens (including phenoxy) is 1. The Morgan fingerprint density at radius 2 is 2.26 bits per heavy atom. The molecule has 2 unspecified atom stereocenters. The molecule has 2 rings (SSSR count). The Labute approximate surface area is 114 Å². The summed E-state index contributed by atoms with van der Waals surface area (Å²) in [4.78, 5) is 12.2. The first-order valence-corrected chi connectivity index (χ1v) is 6.80. The molecule has 0 bridgehead atoms. The van der Waals surface area contributed by atoms with Gasteiger partial charge in [0, 0.05) is 37.4 Å². The zero-order valence-electron chi connectivity index (χ0n) is 11.8. The fraction of sp³-hybridized carbons (Fsp3) is 0.533. The van der Waals surface area contributed by atoms with Crippen LogP contribution in [-0.4, -0.2) is 32.2 Å². The topological polar surface area (TPSA) is 50.4 Å². The van der Waals surface area contributed by atoms with Crippen molar-refractivity contribution >= 4 is 11.6 Å². The molecule has 1 aliphatic heterocycles. The molecule has 0 aromatic heterocycles. The fourth-order valence-corrected chi connectivity index (χ4v) is 2.44. The second-order valence-corrected chi connectivity index (χ2v) is 5.11. The predicted molar refractivity (Wildman–Crippen MR) is 76.6 cm³/mol. The molecule has 1 aromatic rings. The molecule has 4 heteroatoms. The SMILES string of the molecule is CNc1ccc(C(=O)NCC2CCOC2C)c(C)c1. The number of amides is 1. The summed E-state index contributed by atoms with van der Waals surface area (Å²) in [5, 5.41) is 6.08. The summed E-state index contributed by atoms with van der Waals surface area (Å²) in [7, 11) is 1.87. The Bertz CT molecular complexity index is 459. The first kappa shape index (κ1) is 13.9. The molecule has 1 saturated heterocycles. The van der Waals surface area contributed by atoms with E-state index in [1.165, 1.54) is 0 Å². The lowest BCUT2D eigenvalue weighted by Gasteiger charge is -2.15. The average molecular weight is 262 g/mol. The summed E-state index contributed by atoms with van der Waals surface area (Å²) in [5.74, 6) is 0.431. The van der Waals surface area contributed by atoms with Crippen LogP contribution in [0.4, 0.5) is 5.69 Å². The summed E-state index contributed by atoms with van der Waals surface area (Å²) < 4.78 is 5.50. The number of carbonyl (C=O) groups excluding carboxylic acids is 1. The van der Waals surface area contributed by atoms with Crippen LogP contribution >= 0.6 is 0 Å². The summed E-state index contributed by atoms with van der Waals surface area (Å²) in [6.07, 6.45) is 1.27. The molecule has 2 N–H and O–H groups in total. The van der Waals surface area contributed by atoms with Crippen molar-refractivity contribution in [2.75, 3.05) is 25.5 Å². The van der Waals surface area contributed by atoms with Crippen molar-refractivity contribution in [3.8, 4) is 0 Å². The monoisotopic (exact) mass is 262 g/mol. The van der Waals surface area contributed by atoms with Crippen molar-refractivity contribution in [3.63, 3.8) is 0 Å². The van der Waals surface area contributed by atoms with Gasteiger partial charge in [-0.1, -0.05) is 0 Å². The normalized spacial score (nSPS) is 22.3. The lowest BCUT2D eigenvalue weighted by Crippen LogP contribution is -2.32. The lowest BCUT2D eigenvalue weighted by atomic mass is 10.0. The van der Waals surface area contributed by atoms with E-state index in [0.29, 0.717) is 12.5 Å². The Kier molecular flexibility index (Phi) is 4.43. The molecular weight excluding hydrogens is 240 g/mol. The Hall–Kier alpha value is -1.55. The van der Waals surface area contributed by atoms with Crippen LogP contribution in [0.5, 0.6) is 0 Å². The van der Waals surface area contributed by atoms with Crippen molar-refractivity contribution in [2.45, 2.75) is 26.4 Å². The maximum absolute atomic E-state index is 12.2. The van der Waals surface area contributed by atoms with Gasteiger partial charge in [0.05, 0.1) is 6.10 Å². The lowest BCUT2D eigenvalue weighted by molar-refractivity contribution is 0.0907. The van der Waals surface area contributed by atoms with Crippen LogP contribution in [0, 0.1) is 12.8 Å². The highest BCUT2D eigenvalue weighted by atomic mass is 16.5. The Morgan fingerprint density at radius 1 is 1.47 bits per heavy atom. The maximum Gasteiger partial charge on any atom is 0.251 e. The van der Waals surface area contributed by atoms with E-state index in [9.17, 15) is 4.79 Å². The van der Waals surface area contributed by atoms with E-state index >= 15 is 0 Å². The third-order valence-corrected chi connectivity index (χ3v) is 3.82. The number of hydrogen-bond acceptors (Lipinski definition) is 3. The van der Waals surface area contributed by atoms with Gasteiger partial charge in [0.2, 0.25) is 0 Å². The van der Waals surface area contributed by atoms with Gasteiger partial charge < -0.3 is 15.4 Å². The largest absolute Gasteiger partial charge is 0.388 e. The van der Waals surface area contributed by atoms with E-state index in [-0.39, 0.29) is 12.0 Å². The third-order valence-electron chi connectivity index (χ3n) is 3.82. The average Bonchev–Trinajstić information content (AvgIpc) is 2.81. The van der Waals surface area contributed by atoms with E-state index < -0.39 is 0 Å². The molecule has 1 aliphatic rings. The van der Waals surface area contributed by atoms with Gasteiger partial charge in [0.15, 0.2) is 0 Å². The van der Waals surface area contributed by atoms with Crippen LogP contribution in [0.3, 0.4) is 0 Å². The summed E-state index contributed by atoms with van der Waals surface area (Å²) in [6, 6.07) is 5.77. The number of benzene rings is 1. The van der Waals surface area contributed by atoms with Gasteiger partial charge >= 0.3 is 0 Å². The minimum atomic E-state index is -0.000692. The van der Waals surface area contributed by atoms with Crippen molar-refractivity contribution in [1.82, 2.24) is 5.32 Å². The molecule has 19 heavy (non-hydrogen) atoms. The molecule has 1 fully saturated rings. The highest BCUT2D eigenvalue weighted by Gasteiger charge is 2.24. The number of carbonyl (C=O) groups is 1. The predicted octanol–water partition coefficient (Wildman–Crippen LogP) is 2.19. The van der Waals surface area contributed by atoms with Gasteiger partial charge in [-0.05, 0) is 44.0 Å². The van der Waals surface area contributed by atoms with E-state index in [1.807, 2.05) is 32.2 Å². The molecule has 0 radical (unpaired) electrons. The van der Waals surface area contributed by atoms with Crippen molar-refractivity contribution in [3.05, 3.63) is 29.3 Å². The van der Waals surface area contributed by atoms with Crippen LogP contribution in [0.15, 0.2) is 18.2 Å². The van der Waals surface area contributed by atoms with E-state index in [1.54, 1.807) is 0 Å². The third kappa shape index (κ3) is 3.26. The van der Waals surface area contributed by atoms with Crippen molar-refractivity contribution < 1.29 is 9.53 Å². The van der Waals surface area contributed by atoms with Gasteiger partial charge in [-0.15, -0.1) is 0 Å². The molecule has 104 valence electrons. The van der Waals surface area contributed by atoms with Gasteiger partial charge in [0.1, 0.15) is 0 Å². The minimum absolute atomic E-state index is 0.000692. The second-order valence-electron chi connectivity index (χ2n) is 5.11. The van der Waals surface area contributed by atoms with E-state index in [2.05, 4.69) is 17.6 Å². The standard InChI is InChI=1S/C15H22N2O2/c1-10-8-13(16-3)4-5-14(10)15(18)17-9-12-6-7-19-11(12)2/h4-5,8,11-12,16H,6-7,9H2,1-3H3,(H,17,18). The highest BCUT2D eigenvalue weighted by Crippen LogP contribution is 2.20. The first-order chi connectivity index (χ1) is 9.11. The molecule has 1 heterocycles. The molecule has 1 aromatic carbocycles. The van der Waals surface area contributed by atoms with Crippen LogP contribution in [-0.2, 0) is 4.74 Å². The second kappa shape index (κ2) is 6.06. The maximum atomic E-state index is 12.2. The highest BCUT2D eigenvalue weighted by molar-refractivity contribution is 5.96. The van der Waals surface area contributed by atoms with Gasteiger partial charge in [-0.3, -0.25) is 4.79 Å². The Balaban J connectivity index is 1.96. The van der Waals surface area contributed by atoms with Crippen LogP contribution in [0.1, 0.15) is 29.3 Å². The number of anilines is 1. The fourth-order valence-electron chi connectivity index (χ4n) is 2.44. The molecule has 0 saturated carbocycles. The van der Waals surface area contributed by atoms with Gasteiger partial charge in [-0.2, -0.15) is 0 Å². The molecule has 0 aliphatic carbocycles. The minimum Gasteiger partial charge on any atom is -0.388 e. The molecule has 2 atom stereocenters. The number of aryl methyl sites for hydroxylation is 1. The van der Waals surface area contributed by atoms with Crippen LogP contribution in [0.25, 0.3) is 0 Å². The number of rotatable bonds is 4. The Morgan fingerprint density at radius 3 is 2.84 bits per heavy atom. The zero-order chi connectivity index (χ0) is 13.8. The summed E-state index contributed by atoms with van der Waals surface area (Å²) in [5.41, 5.74) is 2.75.